The van der Waals surface area contributed by atoms with Crippen molar-refractivity contribution < 1.29 is 14.7 Å². The first-order valence-corrected chi connectivity index (χ1v) is 6.94. The second-order valence-corrected chi connectivity index (χ2v) is 6.41. The lowest BCUT2D eigenvalue weighted by Crippen LogP contribution is -2.54. The molecular formula is C12H17ClN2O3S. The maximum absolute atomic E-state index is 11.8. The number of nitrogens with zero attached hydrogens (tertiary/aromatic N) is 1. The standard InChI is InChI=1S/C12H17ClN2O3S/c1-12(2,10(16)17)15(3)11(18)14-7-6-8-4-5-9(13)19-8/h4-5H,6-7H2,1-3H3,(H,14,18)(H,16,17). The average Bonchev–Trinajstić information content (AvgIpc) is 2.73. The van der Waals surface area contributed by atoms with Crippen molar-refractivity contribution in [1.82, 2.24) is 10.2 Å². The summed E-state index contributed by atoms with van der Waals surface area (Å²) in [5.74, 6) is -1.05. The number of hydrogen-bond acceptors (Lipinski definition) is 3. The third-order valence-electron chi connectivity index (χ3n) is 2.94. The summed E-state index contributed by atoms with van der Waals surface area (Å²) >= 11 is 7.27. The average molecular weight is 305 g/mol. The summed E-state index contributed by atoms with van der Waals surface area (Å²) in [6.07, 6.45) is 0.671. The third-order valence-corrected chi connectivity index (χ3v) is 4.23. The number of nitrogens with one attached hydrogen (secondary N) is 1. The Balaban J connectivity index is 2.45. The van der Waals surface area contributed by atoms with E-state index in [4.69, 9.17) is 16.7 Å². The first-order chi connectivity index (χ1) is 8.75. The summed E-state index contributed by atoms with van der Waals surface area (Å²) in [5, 5.41) is 11.7. The Hall–Kier alpha value is -1.27. The van der Waals surface area contributed by atoms with Gasteiger partial charge in [-0.2, -0.15) is 0 Å². The number of likely N-dealkylation sites (N-methyl/N-ethyl adjacent to an activating group) is 1. The Labute approximate surface area is 121 Å². The van der Waals surface area contributed by atoms with Crippen molar-refractivity contribution in [2.75, 3.05) is 13.6 Å². The molecule has 1 rings (SSSR count). The molecule has 19 heavy (non-hydrogen) atoms. The summed E-state index contributed by atoms with van der Waals surface area (Å²) in [6.45, 7) is 3.40. The maximum Gasteiger partial charge on any atom is 0.329 e. The van der Waals surface area contributed by atoms with Gasteiger partial charge in [0.05, 0.1) is 4.34 Å². The fourth-order valence-corrected chi connectivity index (χ4v) is 2.38. The second kappa shape index (κ2) is 6.25. The van der Waals surface area contributed by atoms with E-state index in [-0.39, 0.29) is 0 Å². The molecule has 0 unspecified atom stereocenters. The molecule has 0 aliphatic heterocycles. The molecule has 0 radical (unpaired) electrons. The van der Waals surface area contributed by atoms with Crippen LogP contribution in [0.2, 0.25) is 4.34 Å². The normalized spacial score (nSPS) is 11.2. The second-order valence-electron chi connectivity index (χ2n) is 4.61. The predicted octanol–water partition coefficient (Wildman–Crippen LogP) is 2.45. The van der Waals surface area contributed by atoms with Crippen molar-refractivity contribution in [3.63, 3.8) is 0 Å². The van der Waals surface area contributed by atoms with Crippen LogP contribution in [0.4, 0.5) is 4.79 Å². The molecule has 0 atom stereocenters. The van der Waals surface area contributed by atoms with Gasteiger partial charge in [0.2, 0.25) is 0 Å². The first-order valence-electron chi connectivity index (χ1n) is 5.74. The highest BCUT2D eigenvalue weighted by molar-refractivity contribution is 7.16. The van der Waals surface area contributed by atoms with Crippen LogP contribution in [-0.4, -0.2) is 41.1 Å². The van der Waals surface area contributed by atoms with Crippen molar-refractivity contribution in [1.29, 1.82) is 0 Å². The largest absolute Gasteiger partial charge is 0.480 e. The van der Waals surface area contributed by atoms with E-state index in [0.717, 1.165) is 4.88 Å². The van der Waals surface area contributed by atoms with E-state index in [1.54, 1.807) is 0 Å². The van der Waals surface area contributed by atoms with Crippen molar-refractivity contribution in [3.8, 4) is 0 Å². The fourth-order valence-electron chi connectivity index (χ4n) is 1.29. The smallest absolute Gasteiger partial charge is 0.329 e. The zero-order valence-electron chi connectivity index (χ0n) is 11.1. The lowest BCUT2D eigenvalue weighted by atomic mass is 10.1. The minimum absolute atomic E-state index is 0.407. The van der Waals surface area contributed by atoms with Crippen LogP contribution in [0.1, 0.15) is 18.7 Å². The first kappa shape index (κ1) is 15.8. The number of thiophene rings is 1. The number of aliphatic carboxylic acids is 1. The van der Waals surface area contributed by atoms with Gasteiger partial charge >= 0.3 is 12.0 Å². The summed E-state index contributed by atoms with van der Waals surface area (Å²) in [5.41, 5.74) is -1.24. The van der Waals surface area contributed by atoms with Crippen LogP contribution in [0.3, 0.4) is 0 Å². The molecule has 0 aliphatic rings. The lowest BCUT2D eigenvalue weighted by Gasteiger charge is -2.31. The van der Waals surface area contributed by atoms with Crippen LogP contribution in [0.15, 0.2) is 12.1 Å². The molecule has 1 aromatic heterocycles. The fraction of sp³-hybridized carbons (Fsp3) is 0.500. The number of hydrogen-bond donors (Lipinski definition) is 2. The van der Waals surface area contributed by atoms with Gasteiger partial charge in [-0.25, -0.2) is 9.59 Å². The van der Waals surface area contributed by atoms with Crippen LogP contribution in [0, 0.1) is 0 Å². The van der Waals surface area contributed by atoms with E-state index in [0.29, 0.717) is 17.3 Å². The molecule has 106 valence electrons. The van der Waals surface area contributed by atoms with E-state index >= 15 is 0 Å². The molecule has 0 bridgehead atoms. The van der Waals surface area contributed by atoms with Gasteiger partial charge in [-0.15, -0.1) is 11.3 Å². The quantitative estimate of drug-likeness (QED) is 0.878. The highest BCUT2D eigenvalue weighted by atomic mass is 35.5. The molecule has 2 amide bonds. The highest BCUT2D eigenvalue weighted by Gasteiger charge is 2.35. The van der Waals surface area contributed by atoms with Gasteiger partial charge in [0.1, 0.15) is 5.54 Å². The van der Waals surface area contributed by atoms with Gasteiger partial charge in [0, 0.05) is 18.5 Å². The number of urea groups is 1. The molecule has 5 nitrogen and oxygen atoms in total. The molecule has 0 saturated carbocycles. The monoisotopic (exact) mass is 304 g/mol. The molecule has 0 aliphatic carbocycles. The molecule has 0 aromatic carbocycles. The van der Waals surface area contributed by atoms with Crippen molar-refractivity contribution >= 4 is 34.9 Å². The van der Waals surface area contributed by atoms with E-state index in [1.807, 2.05) is 12.1 Å². The molecule has 0 saturated heterocycles. The SMILES string of the molecule is CN(C(=O)NCCc1ccc(Cl)s1)C(C)(C)C(=O)O. The van der Waals surface area contributed by atoms with Crippen LogP contribution in [0.25, 0.3) is 0 Å². The van der Waals surface area contributed by atoms with E-state index < -0.39 is 17.5 Å². The Morgan fingerprint density at radius 1 is 1.47 bits per heavy atom. The molecule has 0 spiro atoms. The number of carbonyl (C=O) groups is 2. The number of carboxylic acid groups (broad SMARTS) is 1. The molecule has 2 N–H and O–H groups in total. The Kier molecular flexibility index (Phi) is 5.20. The topological polar surface area (TPSA) is 69.6 Å². The van der Waals surface area contributed by atoms with Crippen molar-refractivity contribution in [3.05, 3.63) is 21.3 Å². The summed E-state index contributed by atoms with van der Waals surface area (Å²) in [4.78, 5) is 25.1. The summed E-state index contributed by atoms with van der Waals surface area (Å²) < 4.78 is 0.713. The van der Waals surface area contributed by atoms with Crippen LogP contribution in [0.5, 0.6) is 0 Å². The Bertz CT molecular complexity index is 473. The van der Waals surface area contributed by atoms with Crippen LogP contribution < -0.4 is 5.32 Å². The molecule has 1 aromatic rings. The van der Waals surface area contributed by atoms with Gasteiger partial charge in [-0.1, -0.05) is 11.6 Å². The molecule has 0 fully saturated rings. The summed E-state index contributed by atoms with van der Waals surface area (Å²) in [6, 6.07) is 3.31. The molecule has 7 heteroatoms. The minimum atomic E-state index is -1.24. The number of carboxylic acids is 1. The van der Waals surface area contributed by atoms with Gasteiger partial charge in [-0.3, -0.25) is 0 Å². The Morgan fingerprint density at radius 2 is 2.11 bits per heavy atom. The zero-order valence-corrected chi connectivity index (χ0v) is 12.6. The van der Waals surface area contributed by atoms with Crippen LogP contribution >= 0.6 is 22.9 Å². The van der Waals surface area contributed by atoms with Crippen molar-refractivity contribution in [2.45, 2.75) is 25.8 Å². The van der Waals surface area contributed by atoms with Gasteiger partial charge in [-0.05, 0) is 32.4 Å². The van der Waals surface area contributed by atoms with Gasteiger partial charge in [0.25, 0.3) is 0 Å². The van der Waals surface area contributed by atoms with Gasteiger partial charge < -0.3 is 15.3 Å². The number of carbonyl (C=O) groups excluding carboxylic acids is 1. The van der Waals surface area contributed by atoms with Crippen molar-refractivity contribution in [2.24, 2.45) is 0 Å². The lowest BCUT2D eigenvalue weighted by molar-refractivity contribution is -0.146. The van der Waals surface area contributed by atoms with E-state index in [1.165, 1.54) is 37.1 Å². The minimum Gasteiger partial charge on any atom is -0.480 e. The summed E-state index contributed by atoms with van der Waals surface area (Å²) in [7, 11) is 1.46. The molecule has 1 heterocycles. The zero-order chi connectivity index (χ0) is 14.6. The maximum atomic E-state index is 11.8. The van der Waals surface area contributed by atoms with E-state index in [2.05, 4.69) is 5.32 Å². The predicted molar refractivity (Wildman–Crippen MR) is 75.9 cm³/mol. The van der Waals surface area contributed by atoms with E-state index in [9.17, 15) is 9.59 Å². The molecular weight excluding hydrogens is 288 g/mol. The number of rotatable bonds is 5. The third kappa shape index (κ3) is 4.11. The van der Waals surface area contributed by atoms with Crippen LogP contribution in [-0.2, 0) is 11.2 Å². The highest BCUT2D eigenvalue weighted by Crippen LogP contribution is 2.21. The Morgan fingerprint density at radius 3 is 2.58 bits per heavy atom. The number of amides is 2. The number of halogens is 1. The van der Waals surface area contributed by atoms with Gasteiger partial charge in [0.15, 0.2) is 0 Å².